The van der Waals surface area contributed by atoms with Crippen LogP contribution in [0.25, 0.3) is 10.4 Å². The monoisotopic (exact) mass is 515 g/mol. The summed E-state index contributed by atoms with van der Waals surface area (Å²) in [7, 11) is -3.34. The van der Waals surface area contributed by atoms with E-state index in [1.54, 1.807) is 39.0 Å². The summed E-state index contributed by atoms with van der Waals surface area (Å²) in [5.41, 5.74) is 2.21. The fourth-order valence-electron chi connectivity index (χ4n) is 3.41. The molecule has 1 heterocycles. The Labute approximate surface area is 210 Å². The normalized spacial score (nSPS) is 11.3. The fourth-order valence-corrected chi connectivity index (χ4v) is 6.04. The number of rotatable bonds is 12. The number of nitrogens with one attached hydrogen (secondary N) is 1. The molecule has 0 spiro atoms. The van der Waals surface area contributed by atoms with E-state index < -0.39 is 13.6 Å². The zero-order valence-corrected chi connectivity index (χ0v) is 21.8. The molecule has 0 saturated carbocycles. The number of thiophene rings is 1. The van der Waals surface area contributed by atoms with Crippen molar-refractivity contribution in [1.29, 1.82) is 0 Å². The average molecular weight is 516 g/mol. The third-order valence-electron chi connectivity index (χ3n) is 5.03. The molecule has 0 atom stereocenters. The van der Waals surface area contributed by atoms with Crippen molar-refractivity contribution in [3.63, 3.8) is 0 Å². The van der Waals surface area contributed by atoms with Gasteiger partial charge < -0.3 is 19.1 Å². The van der Waals surface area contributed by atoms with E-state index in [2.05, 4.69) is 5.32 Å². The van der Waals surface area contributed by atoms with E-state index in [9.17, 15) is 14.2 Å². The number of aryl methyl sites for hydroxylation is 1. The number of hydrogen-bond donors (Lipinski definition) is 1. The first-order valence-corrected chi connectivity index (χ1v) is 13.9. The van der Waals surface area contributed by atoms with E-state index in [0.29, 0.717) is 22.3 Å². The quantitative estimate of drug-likeness (QED) is 0.233. The largest absolute Gasteiger partial charge is 0.462 e. The summed E-state index contributed by atoms with van der Waals surface area (Å²) in [5.74, 6) is -0.680. The van der Waals surface area contributed by atoms with Gasteiger partial charge in [0, 0.05) is 11.3 Å². The number of amides is 1. The molecule has 2 aromatic carbocycles. The second kappa shape index (κ2) is 12.8. The van der Waals surface area contributed by atoms with Crippen molar-refractivity contribution in [3.05, 3.63) is 71.8 Å². The molecule has 186 valence electrons. The van der Waals surface area contributed by atoms with Crippen LogP contribution in [0.2, 0.25) is 0 Å². The minimum absolute atomic E-state index is 0.213. The van der Waals surface area contributed by atoms with Crippen LogP contribution in [0.4, 0.5) is 5.00 Å². The summed E-state index contributed by atoms with van der Waals surface area (Å²) in [4.78, 5) is 26.1. The number of hydrogen-bond acceptors (Lipinski definition) is 7. The Bertz CT molecular complexity index is 1170. The standard InChI is InChI=1S/C26H30NO6PS/c1-4-31-26(29)22-18-23(20-10-8-7-9-11-20)35-25(22)27-24(28)17-14-19-12-15-21(16-13-19)34(30,32-5-2)33-6-3/h7-13,15-16,18H,4-6,14,17H2,1-3H3,(H,27,28). The first-order valence-electron chi connectivity index (χ1n) is 11.5. The Morgan fingerprint density at radius 2 is 1.57 bits per heavy atom. The summed E-state index contributed by atoms with van der Waals surface area (Å²) >= 11 is 1.34. The van der Waals surface area contributed by atoms with Gasteiger partial charge in [0.2, 0.25) is 5.91 Å². The van der Waals surface area contributed by atoms with E-state index in [0.717, 1.165) is 16.0 Å². The minimum atomic E-state index is -3.34. The Balaban J connectivity index is 1.69. The summed E-state index contributed by atoms with van der Waals surface area (Å²) in [6.07, 6.45) is 0.695. The van der Waals surface area contributed by atoms with Crippen molar-refractivity contribution in [2.24, 2.45) is 0 Å². The summed E-state index contributed by atoms with van der Waals surface area (Å²) in [5, 5.41) is 3.83. The van der Waals surface area contributed by atoms with Gasteiger partial charge in [-0.25, -0.2) is 4.79 Å². The molecule has 0 radical (unpaired) electrons. The van der Waals surface area contributed by atoms with Crippen molar-refractivity contribution in [3.8, 4) is 10.4 Å². The molecule has 0 saturated heterocycles. The Morgan fingerprint density at radius 1 is 0.914 bits per heavy atom. The van der Waals surface area contributed by atoms with Crippen LogP contribution in [-0.2, 0) is 29.6 Å². The van der Waals surface area contributed by atoms with E-state index in [4.69, 9.17) is 13.8 Å². The van der Waals surface area contributed by atoms with Crippen LogP contribution in [0.1, 0.15) is 43.1 Å². The molecule has 0 aliphatic heterocycles. The van der Waals surface area contributed by atoms with E-state index in [1.165, 1.54) is 11.3 Å². The van der Waals surface area contributed by atoms with Gasteiger partial charge in [-0.3, -0.25) is 9.36 Å². The number of ether oxygens (including phenoxy) is 1. The van der Waals surface area contributed by atoms with Crippen LogP contribution in [0, 0.1) is 0 Å². The van der Waals surface area contributed by atoms with Crippen molar-refractivity contribution < 1.29 is 27.9 Å². The Morgan fingerprint density at radius 3 is 2.17 bits per heavy atom. The first kappa shape index (κ1) is 26.8. The maximum Gasteiger partial charge on any atom is 0.361 e. The molecule has 7 nitrogen and oxygen atoms in total. The summed E-state index contributed by atoms with van der Waals surface area (Å²) < 4.78 is 28.8. The smallest absolute Gasteiger partial charge is 0.361 e. The van der Waals surface area contributed by atoms with Crippen LogP contribution in [0.15, 0.2) is 60.7 Å². The SMILES string of the molecule is CCOC(=O)c1cc(-c2ccccc2)sc1NC(=O)CCc1ccc(P(=O)(OCC)OCC)cc1. The van der Waals surface area contributed by atoms with Gasteiger partial charge in [0.25, 0.3) is 0 Å². The van der Waals surface area contributed by atoms with Crippen LogP contribution < -0.4 is 10.6 Å². The second-order valence-electron chi connectivity index (χ2n) is 7.49. The van der Waals surface area contributed by atoms with Gasteiger partial charge in [0.15, 0.2) is 0 Å². The molecule has 1 N–H and O–H groups in total. The molecule has 0 aliphatic rings. The Hall–Kier alpha value is -2.77. The van der Waals surface area contributed by atoms with E-state index in [1.807, 2.05) is 42.5 Å². The van der Waals surface area contributed by atoms with Crippen LogP contribution in [-0.4, -0.2) is 31.7 Å². The lowest BCUT2D eigenvalue weighted by Crippen LogP contribution is -2.15. The van der Waals surface area contributed by atoms with Crippen LogP contribution in [0.5, 0.6) is 0 Å². The van der Waals surface area contributed by atoms with Gasteiger partial charge in [0.05, 0.1) is 30.7 Å². The highest BCUT2D eigenvalue weighted by Gasteiger charge is 2.26. The summed E-state index contributed by atoms with van der Waals surface area (Å²) in [6, 6.07) is 18.5. The number of carbonyl (C=O) groups is 2. The topological polar surface area (TPSA) is 90.9 Å². The highest BCUT2D eigenvalue weighted by molar-refractivity contribution is 7.62. The maximum absolute atomic E-state index is 12.9. The van der Waals surface area contributed by atoms with Gasteiger partial charge in [-0.05, 0) is 56.5 Å². The molecular formula is C26H30NO6PS. The third kappa shape index (κ3) is 7.12. The van der Waals surface area contributed by atoms with Gasteiger partial charge in [-0.1, -0.05) is 42.5 Å². The van der Waals surface area contributed by atoms with Crippen molar-refractivity contribution in [2.75, 3.05) is 25.1 Å². The molecule has 0 fully saturated rings. The van der Waals surface area contributed by atoms with Gasteiger partial charge in [-0.2, -0.15) is 0 Å². The lowest BCUT2D eigenvalue weighted by atomic mass is 10.1. The molecule has 0 aliphatic carbocycles. The van der Waals surface area contributed by atoms with Gasteiger partial charge in [-0.15, -0.1) is 11.3 Å². The highest BCUT2D eigenvalue weighted by Crippen LogP contribution is 2.46. The molecule has 0 unspecified atom stereocenters. The average Bonchev–Trinajstić information content (AvgIpc) is 3.28. The van der Waals surface area contributed by atoms with E-state index in [-0.39, 0.29) is 32.1 Å². The van der Waals surface area contributed by atoms with Crippen molar-refractivity contribution >= 4 is 41.1 Å². The number of anilines is 1. The molecule has 35 heavy (non-hydrogen) atoms. The highest BCUT2D eigenvalue weighted by atomic mass is 32.1. The maximum atomic E-state index is 12.9. The molecule has 1 aromatic heterocycles. The molecule has 0 bridgehead atoms. The van der Waals surface area contributed by atoms with Gasteiger partial charge >= 0.3 is 13.6 Å². The van der Waals surface area contributed by atoms with Crippen LogP contribution >= 0.6 is 18.9 Å². The molecule has 3 rings (SSSR count). The Kier molecular flexibility index (Phi) is 9.81. The second-order valence-corrected chi connectivity index (χ2v) is 10.6. The number of carbonyl (C=O) groups excluding carboxylic acids is 2. The lowest BCUT2D eigenvalue weighted by Gasteiger charge is -2.17. The molecule has 3 aromatic rings. The lowest BCUT2D eigenvalue weighted by molar-refractivity contribution is -0.116. The van der Waals surface area contributed by atoms with Crippen molar-refractivity contribution in [1.82, 2.24) is 0 Å². The predicted octanol–water partition coefficient (Wildman–Crippen LogP) is 6.05. The van der Waals surface area contributed by atoms with Crippen molar-refractivity contribution in [2.45, 2.75) is 33.6 Å². The predicted molar refractivity (Wildman–Crippen MR) is 140 cm³/mol. The van der Waals surface area contributed by atoms with E-state index >= 15 is 0 Å². The van der Waals surface area contributed by atoms with Gasteiger partial charge in [0.1, 0.15) is 5.00 Å². The zero-order chi connectivity index (χ0) is 25.3. The number of benzene rings is 2. The number of esters is 1. The fraction of sp³-hybridized carbons (Fsp3) is 0.308. The third-order valence-corrected chi connectivity index (χ3v) is 8.26. The first-order chi connectivity index (χ1) is 16.9. The minimum Gasteiger partial charge on any atom is -0.462 e. The zero-order valence-electron chi connectivity index (χ0n) is 20.1. The molecular weight excluding hydrogens is 485 g/mol. The molecule has 1 amide bonds. The van der Waals surface area contributed by atoms with Crippen LogP contribution in [0.3, 0.4) is 0 Å². The summed E-state index contributed by atoms with van der Waals surface area (Å²) in [6.45, 7) is 6.08. The molecule has 9 heteroatoms.